The summed E-state index contributed by atoms with van der Waals surface area (Å²) < 4.78 is 17.6. The van der Waals surface area contributed by atoms with Crippen LogP contribution in [0.15, 0.2) is 24.5 Å². The van der Waals surface area contributed by atoms with Gasteiger partial charge in [-0.15, -0.1) is 0 Å². The van der Waals surface area contributed by atoms with Crippen LogP contribution < -0.4 is 9.62 Å². The van der Waals surface area contributed by atoms with E-state index in [0.717, 1.165) is 31.7 Å². The van der Waals surface area contributed by atoms with Gasteiger partial charge < -0.3 is 4.90 Å². The molecule has 0 amide bonds. The smallest absolute Gasteiger partial charge is 0.151 e. The molecule has 4 nitrogen and oxygen atoms in total. The lowest BCUT2D eigenvalue weighted by molar-refractivity contribution is 0.477. The zero-order valence-corrected chi connectivity index (χ0v) is 15.4. The Morgan fingerprint density at radius 3 is 2.62 bits per heavy atom. The average molecular weight is 387 g/mol. The minimum absolute atomic E-state index is 0.187. The SMILES string of the molecule is CSNC1CCN(c2cc(-c3ncc(Cl)cc3F)c(Cl)cn2)CC1. The number of rotatable bonds is 4. The first-order valence-electron chi connectivity index (χ1n) is 7.59. The van der Waals surface area contributed by atoms with E-state index < -0.39 is 5.82 Å². The van der Waals surface area contributed by atoms with Crippen LogP contribution in [0.2, 0.25) is 10.0 Å². The molecule has 0 spiro atoms. The van der Waals surface area contributed by atoms with Gasteiger partial charge in [0.2, 0.25) is 0 Å². The fourth-order valence-electron chi connectivity index (χ4n) is 2.79. The Hall–Kier alpha value is -1.08. The zero-order valence-electron chi connectivity index (χ0n) is 13.1. The maximum absolute atomic E-state index is 14.2. The molecule has 3 heterocycles. The number of pyridine rings is 2. The molecule has 1 saturated heterocycles. The van der Waals surface area contributed by atoms with E-state index in [9.17, 15) is 4.39 Å². The van der Waals surface area contributed by atoms with Crippen LogP contribution in [0.3, 0.4) is 0 Å². The number of aromatic nitrogens is 2. The maximum atomic E-state index is 14.2. The van der Waals surface area contributed by atoms with E-state index in [0.29, 0.717) is 16.6 Å². The summed E-state index contributed by atoms with van der Waals surface area (Å²) in [6, 6.07) is 3.54. The van der Waals surface area contributed by atoms with E-state index in [2.05, 4.69) is 19.6 Å². The molecule has 2 aromatic rings. The lowest BCUT2D eigenvalue weighted by atomic mass is 10.1. The Morgan fingerprint density at radius 2 is 1.96 bits per heavy atom. The molecule has 3 rings (SSSR count). The summed E-state index contributed by atoms with van der Waals surface area (Å²) in [5, 5.41) is 0.622. The van der Waals surface area contributed by atoms with Crippen LogP contribution in [-0.4, -0.2) is 35.4 Å². The van der Waals surface area contributed by atoms with Gasteiger partial charge in [-0.2, -0.15) is 0 Å². The summed E-state index contributed by atoms with van der Waals surface area (Å²) in [5.74, 6) is 0.289. The molecular weight excluding hydrogens is 370 g/mol. The van der Waals surface area contributed by atoms with Gasteiger partial charge in [0.25, 0.3) is 0 Å². The minimum Gasteiger partial charge on any atom is -0.356 e. The van der Waals surface area contributed by atoms with Gasteiger partial charge in [0.15, 0.2) is 5.82 Å². The van der Waals surface area contributed by atoms with Crippen LogP contribution in [0, 0.1) is 5.82 Å². The van der Waals surface area contributed by atoms with Crippen molar-refractivity contribution in [2.75, 3.05) is 24.2 Å². The van der Waals surface area contributed by atoms with Crippen molar-refractivity contribution in [1.29, 1.82) is 0 Å². The van der Waals surface area contributed by atoms with Gasteiger partial charge in [-0.3, -0.25) is 9.71 Å². The Balaban J connectivity index is 1.84. The fourth-order valence-corrected chi connectivity index (χ4v) is 3.69. The number of hydrogen-bond donors (Lipinski definition) is 1. The molecule has 0 saturated carbocycles. The number of piperidine rings is 1. The Morgan fingerprint density at radius 1 is 1.21 bits per heavy atom. The first kappa shape index (κ1) is 17.7. The van der Waals surface area contributed by atoms with Crippen LogP contribution >= 0.6 is 35.1 Å². The van der Waals surface area contributed by atoms with Gasteiger partial charge >= 0.3 is 0 Å². The molecular formula is C16H17Cl2FN4S. The molecule has 0 unspecified atom stereocenters. The molecule has 24 heavy (non-hydrogen) atoms. The normalized spacial score (nSPS) is 15.8. The second kappa shape index (κ2) is 7.87. The predicted molar refractivity (Wildman–Crippen MR) is 99.3 cm³/mol. The first-order valence-corrected chi connectivity index (χ1v) is 9.57. The second-order valence-corrected chi connectivity index (χ2v) is 7.08. The number of anilines is 1. The summed E-state index contributed by atoms with van der Waals surface area (Å²) in [5.41, 5.74) is 0.715. The largest absolute Gasteiger partial charge is 0.356 e. The third-order valence-electron chi connectivity index (χ3n) is 4.01. The molecule has 8 heteroatoms. The quantitative estimate of drug-likeness (QED) is 0.787. The molecule has 0 aliphatic carbocycles. The minimum atomic E-state index is -0.496. The standard InChI is InChI=1S/C16H17Cl2FN4S/c1-24-22-11-2-4-23(5-3-11)15-7-12(13(18)9-20-15)16-14(19)6-10(17)8-21-16/h6-9,11,22H,2-5H2,1H3. The van der Waals surface area contributed by atoms with E-state index in [1.165, 1.54) is 12.3 Å². The van der Waals surface area contributed by atoms with Crippen molar-refractivity contribution in [2.24, 2.45) is 0 Å². The molecule has 1 aliphatic rings. The van der Waals surface area contributed by atoms with Crippen LogP contribution in [0.5, 0.6) is 0 Å². The number of nitrogens with zero attached hydrogens (tertiary/aromatic N) is 3. The number of halogens is 3. The van der Waals surface area contributed by atoms with Crippen molar-refractivity contribution in [3.05, 3.63) is 40.4 Å². The molecule has 0 bridgehead atoms. The summed E-state index contributed by atoms with van der Waals surface area (Å²) in [6.45, 7) is 1.78. The summed E-state index contributed by atoms with van der Waals surface area (Å²) in [6.07, 6.45) is 7.07. The third-order valence-corrected chi connectivity index (χ3v) is 5.08. The van der Waals surface area contributed by atoms with Crippen molar-refractivity contribution in [3.8, 4) is 11.3 Å². The van der Waals surface area contributed by atoms with Gasteiger partial charge in [-0.25, -0.2) is 9.37 Å². The number of nitrogens with one attached hydrogen (secondary N) is 1. The highest BCUT2D eigenvalue weighted by atomic mass is 35.5. The van der Waals surface area contributed by atoms with Crippen LogP contribution in [0.4, 0.5) is 10.2 Å². The predicted octanol–water partition coefficient (Wildman–Crippen LogP) is 4.43. The zero-order chi connectivity index (χ0) is 17.1. The van der Waals surface area contributed by atoms with Gasteiger partial charge in [-0.05, 0) is 31.2 Å². The fraction of sp³-hybridized carbons (Fsp3) is 0.375. The molecule has 1 aliphatic heterocycles. The van der Waals surface area contributed by atoms with E-state index in [1.54, 1.807) is 24.2 Å². The molecule has 0 atom stereocenters. The van der Waals surface area contributed by atoms with Crippen molar-refractivity contribution < 1.29 is 4.39 Å². The van der Waals surface area contributed by atoms with Crippen LogP contribution in [0.25, 0.3) is 11.3 Å². The van der Waals surface area contributed by atoms with Crippen molar-refractivity contribution >= 4 is 41.0 Å². The first-order chi connectivity index (χ1) is 11.6. The lowest BCUT2D eigenvalue weighted by Gasteiger charge is -2.33. The second-order valence-electron chi connectivity index (χ2n) is 5.59. The van der Waals surface area contributed by atoms with E-state index in [1.807, 2.05) is 6.26 Å². The monoisotopic (exact) mass is 386 g/mol. The molecule has 0 radical (unpaired) electrons. The van der Waals surface area contributed by atoms with Gasteiger partial charge in [0, 0.05) is 37.1 Å². The molecule has 1 fully saturated rings. The highest BCUT2D eigenvalue weighted by molar-refractivity contribution is 7.96. The lowest BCUT2D eigenvalue weighted by Crippen LogP contribution is -2.40. The summed E-state index contributed by atoms with van der Waals surface area (Å²) >= 11 is 13.6. The number of hydrogen-bond acceptors (Lipinski definition) is 5. The van der Waals surface area contributed by atoms with Crippen LogP contribution in [0.1, 0.15) is 12.8 Å². The molecule has 2 aromatic heterocycles. The van der Waals surface area contributed by atoms with Gasteiger partial charge in [0.1, 0.15) is 11.5 Å². The van der Waals surface area contributed by atoms with Crippen molar-refractivity contribution in [1.82, 2.24) is 14.7 Å². The Bertz CT molecular complexity index is 723. The van der Waals surface area contributed by atoms with E-state index in [-0.39, 0.29) is 10.7 Å². The Labute approximate surface area is 154 Å². The highest BCUT2D eigenvalue weighted by Crippen LogP contribution is 2.32. The average Bonchev–Trinajstić information content (AvgIpc) is 2.57. The van der Waals surface area contributed by atoms with Crippen molar-refractivity contribution in [2.45, 2.75) is 18.9 Å². The van der Waals surface area contributed by atoms with E-state index >= 15 is 0 Å². The van der Waals surface area contributed by atoms with Gasteiger partial charge in [-0.1, -0.05) is 35.1 Å². The van der Waals surface area contributed by atoms with E-state index in [4.69, 9.17) is 23.2 Å². The molecule has 1 N–H and O–H groups in total. The van der Waals surface area contributed by atoms with Gasteiger partial charge in [0.05, 0.1) is 10.0 Å². The highest BCUT2D eigenvalue weighted by Gasteiger charge is 2.21. The topological polar surface area (TPSA) is 41.0 Å². The van der Waals surface area contributed by atoms with Crippen LogP contribution in [-0.2, 0) is 0 Å². The summed E-state index contributed by atoms with van der Waals surface area (Å²) in [7, 11) is 0. The third kappa shape index (κ3) is 3.94. The molecule has 128 valence electrons. The summed E-state index contributed by atoms with van der Waals surface area (Å²) in [4.78, 5) is 10.7. The Kier molecular flexibility index (Phi) is 5.81. The molecule has 0 aromatic carbocycles. The maximum Gasteiger partial charge on any atom is 0.151 e. The van der Waals surface area contributed by atoms with Crippen molar-refractivity contribution in [3.63, 3.8) is 0 Å².